The van der Waals surface area contributed by atoms with Crippen molar-refractivity contribution in [1.82, 2.24) is 10.1 Å². The van der Waals surface area contributed by atoms with Gasteiger partial charge in [-0.15, -0.1) is 0 Å². The van der Waals surface area contributed by atoms with E-state index in [0.29, 0.717) is 6.04 Å². The Morgan fingerprint density at radius 3 is 2.38 bits per heavy atom. The average molecular weight is 390 g/mol. The van der Waals surface area contributed by atoms with E-state index in [1.54, 1.807) is 0 Å². The second-order valence-electron chi connectivity index (χ2n) is 8.06. The Hall–Kier alpha value is -2.59. The predicted molar refractivity (Wildman–Crippen MR) is 119 cm³/mol. The van der Waals surface area contributed by atoms with Gasteiger partial charge in [0.15, 0.2) is 0 Å². The first-order valence-corrected chi connectivity index (χ1v) is 10.8. The molecule has 0 spiro atoms. The number of nitrogens with zero attached hydrogens (tertiary/aromatic N) is 3. The van der Waals surface area contributed by atoms with Gasteiger partial charge in [0.25, 0.3) is 0 Å². The van der Waals surface area contributed by atoms with Crippen molar-refractivity contribution in [2.75, 3.05) is 24.5 Å². The van der Waals surface area contributed by atoms with Crippen LogP contribution in [0.5, 0.6) is 0 Å². The minimum Gasteiger partial charge on any atom is -0.338 e. The maximum Gasteiger partial charge on any atom is 0.228 e. The standard InChI is InChI=1S/C25H31N3O/c1-21(27-16-9-4-10-17-27)15-18-28(20-22-11-5-2-6-12-22)25-19-24(26-29-25)23-13-7-3-8-14-23/h2-3,5-8,11-14,19,21H,4,9-10,15-18,20H2,1H3. The number of rotatable bonds is 8. The molecule has 1 unspecified atom stereocenters. The van der Waals surface area contributed by atoms with Gasteiger partial charge < -0.3 is 14.3 Å². The smallest absolute Gasteiger partial charge is 0.228 e. The fourth-order valence-corrected chi connectivity index (χ4v) is 4.11. The van der Waals surface area contributed by atoms with Gasteiger partial charge in [-0.3, -0.25) is 0 Å². The monoisotopic (exact) mass is 389 g/mol. The molecule has 2 heterocycles. The number of hydrogen-bond donors (Lipinski definition) is 0. The molecule has 2 aromatic carbocycles. The molecule has 4 nitrogen and oxygen atoms in total. The molecule has 0 radical (unpaired) electrons. The summed E-state index contributed by atoms with van der Waals surface area (Å²) in [5.74, 6) is 0.846. The van der Waals surface area contributed by atoms with Crippen LogP contribution >= 0.6 is 0 Å². The molecule has 1 aliphatic heterocycles. The Kier molecular flexibility index (Phi) is 6.63. The van der Waals surface area contributed by atoms with Crippen molar-refractivity contribution < 1.29 is 4.52 Å². The van der Waals surface area contributed by atoms with Crippen molar-refractivity contribution in [3.8, 4) is 11.3 Å². The third-order valence-corrected chi connectivity index (χ3v) is 5.93. The topological polar surface area (TPSA) is 32.5 Å². The van der Waals surface area contributed by atoms with Gasteiger partial charge in [0, 0.05) is 30.8 Å². The third-order valence-electron chi connectivity index (χ3n) is 5.93. The van der Waals surface area contributed by atoms with Crippen molar-refractivity contribution in [3.63, 3.8) is 0 Å². The number of benzene rings is 2. The Labute approximate surface area is 174 Å². The van der Waals surface area contributed by atoms with Crippen LogP contribution in [0.25, 0.3) is 11.3 Å². The molecule has 0 bridgehead atoms. The summed E-state index contributed by atoms with van der Waals surface area (Å²) in [5.41, 5.74) is 3.27. The molecule has 0 N–H and O–H groups in total. The lowest BCUT2D eigenvalue weighted by molar-refractivity contribution is 0.167. The summed E-state index contributed by atoms with van der Waals surface area (Å²) in [7, 11) is 0. The summed E-state index contributed by atoms with van der Waals surface area (Å²) in [6.07, 6.45) is 5.17. The summed E-state index contributed by atoms with van der Waals surface area (Å²) in [6, 6.07) is 23.5. The van der Waals surface area contributed by atoms with Crippen molar-refractivity contribution in [3.05, 3.63) is 72.3 Å². The largest absolute Gasteiger partial charge is 0.338 e. The van der Waals surface area contributed by atoms with Crippen LogP contribution < -0.4 is 4.90 Å². The van der Waals surface area contributed by atoms with E-state index in [0.717, 1.165) is 36.7 Å². The summed E-state index contributed by atoms with van der Waals surface area (Å²) in [6.45, 7) is 6.62. The predicted octanol–water partition coefficient (Wildman–Crippen LogP) is 5.61. The summed E-state index contributed by atoms with van der Waals surface area (Å²) in [5, 5.41) is 4.34. The van der Waals surface area contributed by atoms with E-state index < -0.39 is 0 Å². The van der Waals surface area contributed by atoms with Gasteiger partial charge in [-0.1, -0.05) is 72.2 Å². The van der Waals surface area contributed by atoms with Crippen LogP contribution in [0.4, 0.5) is 5.88 Å². The van der Waals surface area contributed by atoms with E-state index in [2.05, 4.69) is 70.4 Å². The van der Waals surface area contributed by atoms with E-state index in [4.69, 9.17) is 4.52 Å². The van der Waals surface area contributed by atoms with Crippen molar-refractivity contribution in [2.24, 2.45) is 0 Å². The zero-order valence-corrected chi connectivity index (χ0v) is 17.3. The van der Waals surface area contributed by atoms with Crippen molar-refractivity contribution in [1.29, 1.82) is 0 Å². The number of anilines is 1. The molecule has 152 valence electrons. The molecular formula is C25H31N3O. The van der Waals surface area contributed by atoms with E-state index in [-0.39, 0.29) is 0 Å². The van der Waals surface area contributed by atoms with Gasteiger partial charge in [0.1, 0.15) is 5.69 Å². The third kappa shape index (κ3) is 5.27. The van der Waals surface area contributed by atoms with Crippen LogP contribution in [0.3, 0.4) is 0 Å². The van der Waals surface area contributed by atoms with Crippen LogP contribution in [0.15, 0.2) is 71.3 Å². The molecule has 1 atom stereocenters. The molecule has 1 saturated heterocycles. The Morgan fingerprint density at radius 1 is 0.966 bits per heavy atom. The molecule has 4 rings (SSSR count). The first-order chi connectivity index (χ1) is 14.3. The average Bonchev–Trinajstić information content (AvgIpc) is 3.28. The molecule has 1 aromatic heterocycles. The highest BCUT2D eigenvalue weighted by Gasteiger charge is 2.20. The Morgan fingerprint density at radius 2 is 1.66 bits per heavy atom. The van der Waals surface area contributed by atoms with Crippen LogP contribution in [0.2, 0.25) is 0 Å². The lowest BCUT2D eigenvalue weighted by Gasteiger charge is -2.33. The molecule has 29 heavy (non-hydrogen) atoms. The molecule has 3 aromatic rings. The molecule has 0 amide bonds. The molecule has 0 saturated carbocycles. The van der Waals surface area contributed by atoms with Gasteiger partial charge >= 0.3 is 0 Å². The Bertz CT molecular complexity index is 856. The number of aromatic nitrogens is 1. The molecule has 1 fully saturated rings. The Balaban J connectivity index is 1.48. The van der Waals surface area contributed by atoms with Crippen molar-refractivity contribution in [2.45, 2.75) is 45.2 Å². The van der Waals surface area contributed by atoms with Crippen LogP contribution in [-0.4, -0.2) is 35.7 Å². The molecular weight excluding hydrogens is 358 g/mol. The van der Waals surface area contributed by atoms with Gasteiger partial charge in [0.2, 0.25) is 5.88 Å². The van der Waals surface area contributed by atoms with Gasteiger partial charge in [0.05, 0.1) is 0 Å². The highest BCUT2D eigenvalue weighted by Crippen LogP contribution is 2.26. The van der Waals surface area contributed by atoms with Gasteiger partial charge in [-0.2, -0.15) is 0 Å². The summed E-state index contributed by atoms with van der Waals surface area (Å²) >= 11 is 0. The van der Waals surface area contributed by atoms with E-state index >= 15 is 0 Å². The maximum atomic E-state index is 5.79. The number of piperidine rings is 1. The maximum absolute atomic E-state index is 5.79. The number of likely N-dealkylation sites (tertiary alicyclic amines) is 1. The second kappa shape index (κ2) is 9.75. The molecule has 4 heteroatoms. The zero-order valence-electron chi connectivity index (χ0n) is 17.3. The normalized spacial score (nSPS) is 15.9. The molecule has 1 aliphatic rings. The lowest BCUT2D eigenvalue weighted by Crippen LogP contribution is -2.39. The van der Waals surface area contributed by atoms with Gasteiger partial charge in [-0.05, 0) is 44.8 Å². The summed E-state index contributed by atoms with van der Waals surface area (Å²) in [4.78, 5) is 4.97. The second-order valence-corrected chi connectivity index (χ2v) is 8.06. The first-order valence-electron chi connectivity index (χ1n) is 10.8. The van der Waals surface area contributed by atoms with Crippen LogP contribution in [0.1, 0.15) is 38.2 Å². The summed E-state index contributed by atoms with van der Waals surface area (Å²) < 4.78 is 5.79. The molecule has 0 aliphatic carbocycles. The van der Waals surface area contributed by atoms with Crippen molar-refractivity contribution >= 4 is 5.88 Å². The quantitative estimate of drug-likeness (QED) is 0.501. The minimum absolute atomic E-state index is 0.588. The van der Waals surface area contributed by atoms with Crippen LogP contribution in [-0.2, 0) is 6.54 Å². The lowest BCUT2D eigenvalue weighted by atomic mass is 10.1. The van der Waals surface area contributed by atoms with Gasteiger partial charge in [-0.25, -0.2) is 0 Å². The highest BCUT2D eigenvalue weighted by molar-refractivity contribution is 5.61. The minimum atomic E-state index is 0.588. The fourth-order valence-electron chi connectivity index (χ4n) is 4.11. The highest BCUT2D eigenvalue weighted by atomic mass is 16.5. The van der Waals surface area contributed by atoms with E-state index in [9.17, 15) is 0 Å². The van der Waals surface area contributed by atoms with E-state index in [1.807, 2.05) is 18.2 Å². The fraction of sp³-hybridized carbons (Fsp3) is 0.400. The van der Waals surface area contributed by atoms with E-state index in [1.165, 1.54) is 37.9 Å². The number of hydrogen-bond acceptors (Lipinski definition) is 4. The zero-order chi connectivity index (χ0) is 19.9. The SMILES string of the molecule is CC(CCN(Cc1ccccc1)c1cc(-c2ccccc2)no1)N1CCCCC1. The van der Waals surface area contributed by atoms with Crippen LogP contribution in [0, 0.1) is 0 Å². The first kappa shape index (κ1) is 19.7.